The highest BCUT2D eigenvalue weighted by Gasteiger charge is 2.43. The molecule has 6 nitrogen and oxygen atoms in total. The molecule has 0 bridgehead atoms. The monoisotopic (exact) mass is 405 g/mol. The number of fused-ring (bicyclic) bond motifs is 3. The van der Waals surface area contributed by atoms with E-state index >= 15 is 0 Å². The predicted octanol–water partition coefficient (Wildman–Crippen LogP) is 2.84. The Labute approximate surface area is 166 Å². The Bertz CT molecular complexity index is 891. The molecule has 4 rings (SSSR count). The van der Waals surface area contributed by atoms with Crippen molar-refractivity contribution in [2.45, 2.75) is 18.7 Å². The van der Waals surface area contributed by atoms with E-state index in [-0.39, 0.29) is 12.5 Å². The highest BCUT2D eigenvalue weighted by molar-refractivity contribution is 6.42. The molecular formula is C19H17Cl2N3O3. The smallest absolute Gasteiger partial charge is 0.330 e. The van der Waals surface area contributed by atoms with Crippen molar-refractivity contribution in [3.8, 4) is 0 Å². The zero-order valence-corrected chi connectivity index (χ0v) is 15.8. The van der Waals surface area contributed by atoms with Crippen LogP contribution >= 0.6 is 23.2 Å². The number of nitrogens with one attached hydrogen (secondary N) is 2. The minimum atomic E-state index is -0.644. The molecule has 0 saturated carbocycles. The molecule has 1 saturated heterocycles. The van der Waals surface area contributed by atoms with Crippen molar-refractivity contribution >= 4 is 46.5 Å². The molecule has 0 aromatic heterocycles. The van der Waals surface area contributed by atoms with Crippen LogP contribution in [0.5, 0.6) is 0 Å². The third-order valence-corrected chi connectivity index (χ3v) is 5.44. The molecule has 1 fully saturated rings. The van der Waals surface area contributed by atoms with Gasteiger partial charge in [0.05, 0.1) is 21.4 Å². The summed E-state index contributed by atoms with van der Waals surface area (Å²) in [4.78, 5) is 27.1. The van der Waals surface area contributed by atoms with Crippen molar-refractivity contribution < 1.29 is 14.3 Å². The average molecular weight is 406 g/mol. The van der Waals surface area contributed by atoms with E-state index in [1.54, 1.807) is 17.0 Å². The van der Waals surface area contributed by atoms with Gasteiger partial charge in [0, 0.05) is 13.1 Å². The molecule has 0 spiro atoms. The Hall–Kier alpha value is -2.28. The molecule has 140 valence electrons. The summed E-state index contributed by atoms with van der Waals surface area (Å²) in [5.74, 6) is -0.600. The number of carbonyl (C=O) groups is 2. The van der Waals surface area contributed by atoms with E-state index in [0.29, 0.717) is 34.5 Å². The molecule has 8 heteroatoms. The van der Waals surface area contributed by atoms with Crippen LogP contribution in [0.2, 0.25) is 10.0 Å². The lowest BCUT2D eigenvalue weighted by atomic mass is 10.0. The van der Waals surface area contributed by atoms with Crippen LogP contribution in [0.1, 0.15) is 5.56 Å². The number of halogens is 2. The second kappa shape index (κ2) is 7.38. The molecule has 2 aromatic rings. The highest BCUT2D eigenvalue weighted by Crippen LogP contribution is 2.40. The van der Waals surface area contributed by atoms with Crippen molar-refractivity contribution in [2.24, 2.45) is 0 Å². The standard InChI is InChI=1S/C19H17Cl2N3O3/c20-12-6-14-15(7-13(12)21)24-16(18(25)23-14)8-22-9-17(24)19(26)27-10-11-4-2-1-3-5-11/h1-7,16-17,22H,8-10H2,(H,23,25)/t16?,17-/m1/s1. The first kappa shape index (κ1) is 18.1. The summed E-state index contributed by atoms with van der Waals surface area (Å²) >= 11 is 12.3. The number of anilines is 2. The minimum absolute atomic E-state index is 0.176. The minimum Gasteiger partial charge on any atom is -0.459 e. The lowest BCUT2D eigenvalue weighted by Gasteiger charge is -2.45. The lowest BCUT2D eigenvalue weighted by Crippen LogP contribution is -2.65. The molecule has 27 heavy (non-hydrogen) atoms. The van der Waals surface area contributed by atoms with Gasteiger partial charge in [-0.1, -0.05) is 53.5 Å². The maximum absolute atomic E-state index is 12.8. The number of nitrogens with zero attached hydrogens (tertiary/aromatic N) is 1. The van der Waals surface area contributed by atoms with Crippen LogP contribution in [0.4, 0.5) is 11.4 Å². The Morgan fingerprint density at radius 1 is 1.15 bits per heavy atom. The van der Waals surface area contributed by atoms with Gasteiger partial charge in [-0.15, -0.1) is 0 Å². The fourth-order valence-electron chi connectivity index (χ4n) is 3.41. The average Bonchev–Trinajstić information content (AvgIpc) is 2.68. The zero-order valence-electron chi connectivity index (χ0n) is 14.2. The largest absolute Gasteiger partial charge is 0.459 e. The van der Waals surface area contributed by atoms with Crippen LogP contribution in [0.15, 0.2) is 42.5 Å². The van der Waals surface area contributed by atoms with Crippen LogP contribution in [-0.4, -0.2) is 37.0 Å². The van der Waals surface area contributed by atoms with Crippen molar-refractivity contribution in [3.05, 3.63) is 58.1 Å². The number of piperazine rings is 1. The van der Waals surface area contributed by atoms with Crippen molar-refractivity contribution in [2.75, 3.05) is 23.3 Å². The van der Waals surface area contributed by atoms with E-state index in [1.165, 1.54) is 0 Å². The summed E-state index contributed by atoms with van der Waals surface area (Å²) in [6.07, 6.45) is 0. The fraction of sp³-hybridized carbons (Fsp3) is 0.263. The Morgan fingerprint density at radius 3 is 2.67 bits per heavy atom. The van der Waals surface area contributed by atoms with Crippen LogP contribution in [0.25, 0.3) is 0 Å². The first-order valence-corrected chi connectivity index (χ1v) is 9.29. The zero-order chi connectivity index (χ0) is 19.0. The maximum atomic E-state index is 12.8. The molecule has 1 unspecified atom stereocenters. The quantitative estimate of drug-likeness (QED) is 0.768. The highest BCUT2D eigenvalue weighted by atomic mass is 35.5. The normalized spacial score (nSPS) is 21.1. The molecule has 2 N–H and O–H groups in total. The van der Waals surface area contributed by atoms with Gasteiger partial charge in [-0.2, -0.15) is 0 Å². The predicted molar refractivity (Wildman–Crippen MR) is 104 cm³/mol. The Kier molecular flexibility index (Phi) is 4.95. The number of amides is 1. The summed E-state index contributed by atoms with van der Waals surface area (Å²) in [5, 5.41) is 6.67. The molecule has 0 aliphatic carbocycles. The van der Waals surface area contributed by atoms with Crippen LogP contribution in [0.3, 0.4) is 0 Å². The van der Waals surface area contributed by atoms with Crippen molar-refractivity contribution in [1.29, 1.82) is 0 Å². The SMILES string of the molecule is O=C1Nc2cc(Cl)c(Cl)cc2N2C1CNC[C@@H]2C(=O)OCc1ccccc1. The summed E-state index contributed by atoms with van der Waals surface area (Å²) in [5.41, 5.74) is 2.10. The van der Waals surface area contributed by atoms with Crippen molar-refractivity contribution in [1.82, 2.24) is 5.32 Å². The van der Waals surface area contributed by atoms with E-state index in [4.69, 9.17) is 27.9 Å². The van der Waals surface area contributed by atoms with Gasteiger partial charge in [-0.3, -0.25) is 4.79 Å². The van der Waals surface area contributed by atoms with Gasteiger partial charge >= 0.3 is 5.97 Å². The van der Waals surface area contributed by atoms with Gasteiger partial charge < -0.3 is 20.3 Å². The topological polar surface area (TPSA) is 70.7 Å². The Morgan fingerprint density at radius 2 is 1.89 bits per heavy atom. The summed E-state index contributed by atoms with van der Waals surface area (Å²) in [6, 6.07) is 11.6. The molecule has 2 aliphatic heterocycles. The number of hydrogen-bond donors (Lipinski definition) is 2. The number of carbonyl (C=O) groups excluding carboxylic acids is 2. The second-order valence-electron chi connectivity index (χ2n) is 6.46. The van der Waals surface area contributed by atoms with E-state index in [0.717, 1.165) is 5.56 Å². The van der Waals surface area contributed by atoms with Gasteiger partial charge in [0.25, 0.3) is 0 Å². The second-order valence-corrected chi connectivity index (χ2v) is 7.28. The number of rotatable bonds is 3. The summed E-state index contributed by atoms with van der Waals surface area (Å²) in [7, 11) is 0. The van der Waals surface area contributed by atoms with Gasteiger partial charge in [0.15, 0.2) is 0 Å². The fourth-order valence-corrected chi connectivity index (χ4v) is 3.73. The lowest BCUT2D eigenvalue weighted by molar-refractivity contribution is -0.147. The van der Waals surface area contributed by atoms with Gasteiger partial charge in [-0.25, -0.2) is 4.79 Å². The molecular weight excluding hydrogens is 389 g/mol. The number of benzene rings is 2. The molecule has 0 radical (unpaired) electrons. The third-order valence-electron chi connectivity index (χ3n) is 4.72. The van der Waals surface area contributed by atoms with E-state index in [9.17, 15) is 9.59 Å². The van der Waals surface area contributed by atoms with E-state index in [2.05, 4.69) is 10.6 Å². The van der Waals surface area contributed by atoms with Crippen LogP contribution in [-0.2, 0) is 20.9 Å². The molecule has 2 aromatic carbocycles. The number of esters is 1. The number of hydrogen-bond acceptors (Lipinski definition) is 5. The van der Waals surface area contributed by atoms with Crippen LogP contribution < -0.4 is 15.5 Å². The number of ether oxygens (including phenoxy) is 1. The van der Waals surface area contributed by atoms with Gasteiger partial charge in [-0.05, 0) is 17.7 Å². The first-order chi connectivity index (χ1) is 13.0. The first-order valence-electron chi connectivity index (χ1n) is 8.54. The summed E-state index contributed by atoms with van der Waals surface area (Å²) in [6.45, 7) is 0.972. The third kappa shape index (κ3) is 3.48. The molecule has 2 heterocycles. The molecule has 1 amide bonds. The summed E-state index contributed by atoms with van der Waals surface area (Å²) < 4.78 is 5.51. The van der Waals surface area contributed by atoms with Crippen LogP contribution in [0, 0.1) is 0 Å². The van der Waals surface area contributed by atoms with Gasteiger partial charge in [0.1, 0.15) is 18.7 Å². The Balaban J connectivity index is 1.62. The van der Waals surface area contributed by atoms with E-state index in [1.807, 2.05) is 30.3 Å². The maximum Gasteiger partial charge on any atom is 0.330 e. The molecule has 2 atom stereocenters. The van der Waals surface area contributed by atoms with E-state index < -0.39 is 18.1 Å². The molecule has 2 aliphatic rings. The van der Waals surface area contributed by atoms with Crippen molar-refractivity contribution in [3.63, 3.8) is 0 Å². The van der Waals surface area contributed by atoms with Gasteiger partial charge in [0.2, 0.25) is 5.91 Å².